The van der Waals surface area contributed by atoms with Gasteiger partial charge in [-0.3, -0.25) is 5.41 Å². The number of ether oxygens (including phenoxy) is 2. The van der Waals surface area contributed by atoms with E-state index in [0.29, 0.717) is 18.1 Å². The highest BCUT2D eigenvalue weighted by atomic mass is 35.5. The van der Waals surface area contributed by atoms with Crippen LogP contribution in [0, 0.1) is 5.41 Å². The van der Waals surface area contributed by atoms with Crippen molar-refractivity contribution < 1.29 is 9.47 Å². The zero-order valence-electron chi connectivity index (χ0n) is 11.6. The molecule has 0 radical (unpaired) electrons. The lowest BCUT2D eigenvalue weighted by molar-refractivity contribution is 0.302. The highest BCUT2D eigenvalue weighted by molar-refractivity contribution is 6.30. The van der Waals surface area contributed by atoms with Crippen molar-refractivity contribution in [3.63, 3.8) is 0 Å². The third kappa shape index (κ3) is 5.29. The van der Waals surface area contributed by atoms with Gasteiger partial charge in [0.15, 0.2) is 5.90 Å². The topological polar surface area (TPSA) is 42.3 Å². The normalized spacial score (nSPS) is 9.62. The van der Waals surface area contributed by atoms with Gasteiger partial charge in [0.25, 0.3) is 0 Å². The lowest BCUT2D eigenvalue weighted by Gasteiger charge is -2.12. The Labute approximate surface area is 135 Å². The lowest BCUT2D eigenvalue weighted by atomic mass is 10.1. The fourth-order valence-corrected chi connectivity index (χ4v) is 2.00. The molecule has 3 nitrogen and oxygen atoms in total. The maximum absolute atomic E-state index is 7.62. The predicted molar refractivity (Wildman–Crippen MR) is 87.9 cm³/mol. The van der Waals surface area contributed by atoms with Crippen LogP contribution in [0.4, 0.5) is 0 Å². The van der Waals surface area contributed by atoms with Crippen LogP contribution in [0.5, 0.6) is 5.75 Å². The molecule has 0 spiro atoms. The average Bonchev–Trinajstić information content (AvgIpc) is 2.47. The number of nitrogens with one attached hydrogen (secondary N) is 1. The summed E-state index contributed by atoms with van der Waals surface area (Å²) in [5, 5.41) is 8.24. The molecule has 1 N–H and O–H groups in total. The monoisotopic (exact) mass is 325 g/mol. The van der Waals surface area contributed by atoms with Crippen molar-refractivity contribution >= 4 is 29.9 Å². The first-order valence-electron chi connectivity index (χ1n) is 6.25. The molecule has 0 heterocycles. The molecule has 2 aromatic carbocycles. The summed E-state index contributed by atoms with van der Waals surface area (Å²) < 4.78 is 10.7. The maximum atomic E-state index is 7.62. The number of rotatable bonds is 5. The quantitative estimate of drug-likeness (QED) is 0.649. The summed E-state index contributed by atoms with van der Waals surface area (Å²) in [5.41, 5.74) is 1.94. The summed E-state index contributed by atoms with van der Waals surface area (Å²) in [6.45, 7) is 0.482. The first-order chi connectivity index (χ1) is 9.69. The fourth-order valence-electron chi connectivity index (χ4n) is 1.81. The van der Waals surface area contributed by atoms with Crippen LogP contribution in [0.25, 0.3) is 0 Å². The SMILES string of the molecule is COC(=N)Cc1cc(Cl)ccc1OCc1ccccc1.Cl. The first kappa shape index (κ1) is 17.3. The van der Waals surface area contributed by atoms with Crippen LogP contribution in [-0.2, 0) is 17.8 Å². The molecule has 0 aliphatic carbocycles. The van der Waals surface area contributed by atoms with E-state index in [-0.39, 0.29) is 18.3 Å². The van der Waals surface area contributed by atoms with Gasteiger partial charge in [0.1, 0.15) is 12.4 Å². The standard InChI is InChI=1S/C16H16ClNO2.ClH/c1-19-16(18)10-13-9-14(17)7-8-15(13)20-11-12-5-3-2-4-6-12;/h2-9,18H,10-11H2,1H3;1H. The summed E-state index contributed by atoms with van der Waals surface area (Å²) in [6, 6.07) is 15.3. The van der Waals surface area contributed by atoms with Crippen LogP contribution >= 0.6 is 24.0 Å². The summed E-state index contributed by atoms with van der Waals surface area (Å²) in [4.78, 5) is 0. The van der Waals surface area contributed by atoms with Crippen molar-refractivity contribution in [2.75, 3.05) is 7.11 Å². The summed E-state index contributed by atoms with van der Waals surface area (Å²) in [6.07, 6.45) is 0.362. The molecule has 5 heteroatoms. The molecule has 0 unspecified atom stereocenters. The van der Waals surface area contributed by atoms with E-state index in [1.807, 2.05) is 36.4 Å². The van der Waals surface area contributed by atoms with Crippen LogP contribution in [0.15, 0.2) is 48.5 Å². The molecule has 0 saturated carbocycles. The van der Waals surface area contributed by atoms with E-state index in [1.165, 1.54) is 7.11 Å². The van der Waals surface area contributed by atoms with E-state index >= 15 is 0 Å². The van der Waals surface area contributed by atoms with Crippen molar-refractivity contribution in [1.82, 2.24) is 0 Å². The van der Waals surface area contributed by atoms with Gasteiger partial charge in [-0.2, -0.15) is 0 Å². The van der Waals surface area contributed by atoms with Crippen LogP contribution < -0.4 is 4.74 Å². The van der Waals surface area contributed by atoms with Gasteiger partial charge in [0, 0.05) is 10.6 Å². The van der Waals surface area contributed by atoms with Gasteiger partial charge in [0.2, 0.25) is 0 Å². The molecule has 0 aromatic heterocycles. The van der Waals surface area contributed by atoms with Crippen LogP contribution in [-0.4, -0.2) is 13.0 Å². The van der Waals surface area contributed by atoms with Crippen molar-refractivity contribution in [1.29, 1.82) is 5.41 Å². The molecule has 2 aromatic rings. The zero-order valence-corrected chi connectivity index (χ0v) is 13.2. The fraction of sp³-hybridized carbons (Fsp3) is 0.188. The molecule has 0 bridgehead atoms. The predicted octanol–water partition coefficient (Wildman–Crippen LogP) is 4.51. The molecule has 0 aliphatic rings. The molecule has 112 valence electrons. The Bertz CT molecular complexity index is 588. The van der Waals surface area contributed by atoms with Gasteiger partial charge in [0.05, 0.1) is 13.5 Å². The van der Waals surface area contributed by atoms with Gasteiger partial charge in [-0.25, -0.2) is 0 Å². The summed E-state index contributed by atoms with van der Waals surface area (Å²) >= 11 is 5.99. The molecule has 0 aliphatic heterocycles. The van der Waals surface area contributed by atoms with Crippen LogP contribution in [0.3, 0.4) is 0 Å². The number of hydrogen-bond donors (Lipinski definition) is 1. The Balaban J connectivity index is 0.00000220. The van der Waals surface area contributed by atoms with E-state index in [2.05, 4.69) is 0 Å². The van der Waals surface area contributed by atoms with E-state index in [4.69, 9.17) is 26.5 Å². The Morgan fingerprint density at radius 2 is 1.86 bits per heavy atom. The highest BCUT2D eigenvalue weighted by Gasteiger charge is 2.08. The van der Waals surface area contributed by atoms with E-state index in [0.717, 1.165) is 16.9 Å². The summed E-state index contributed by atoms with van der Waals surface area (Å²) in [5.74, 6) is 0.900. The minimum Gasteiger partial charge on any atom is -0.489 e. The second-order valence-electron chi connectivity index (χ2n) is 4.33. The van der Waals surface area contributed by atoms with E-state index in [1.54, 1.807) is 12.1 Å². The van der Waals surface area contributed by atoms with E-state index in [9.17, 15) is 0 Å². The molecule has 0 amide bonds. The zero-order chi connectivity index (χ0) is 14.4. The Hall–Kier alpha value is -1.71. The second-order valence-corrected chi connectivity index (χ2v) is 4.77. The van der Waals surface area contributed by atoms with Gasteiger partial charge >= 0.3 is 0 Å². The van der Waals surface area contributed by atoms with Crippen molar-refractivity contribution in [3.05, 3.63) is 64.7 Å². The number of hydrogen-bond acceptors (Lipinski definition) is 3. The first-order valence-corrected chi connectivity index (χ1v) is 6.63. The van der Waals surface area contributed by atoms with Gasteiger partial charge < -0.3 is 9.47 Å². The maximum Gasteiger partial charge on any atom is 0.184 e. The number of halogens is 2. The largest absolute Gasteiger partial charge is 0.489 e. The van der Waals surface area contributed by atoms with Gasteiger partial charge in [-0.15, -0.1) is 12.4 Å². The third-order valence-electron chi connectivity index (χ3n) is 2.86. The smallest absolute Gasteiger partial charge is 0.184 e. The third-order valence-corrected chi connectivity index (χ3v) is 3.09. The Morgan fingerprint density at radius 3 is 2.52 bits per heavy atom. The Morgan fingerprint density at radius 1 is 1.14 bits per heavy atom. The average molecular weight is 326 g/mol. The lowest BCUT2D eigenvalue weighted by Crippen LogP contribution is -2.06. The molecular weight excluding hydrogens is 309 g/mol. The van der Waals surface area contributed by atoms with Crippen molar-refractivity contribution in [2.45, 2.75) is 13.0 Å². The molecule has 2 rings (SSSR count). The van der Waals surface area contributed by atoms with E-state index < -0.39 is 0 Å². The molecular formula is C16H17Cl2NO2. The van der Waals surface area contributed by atoms with Gasteiger partial charge in [-0.1, -0.05) is 41.9 Å². The van der Waals surface area contributed by atoms with Crippen LogP contribution in [0.2, 0.25) is 5.02 Å². The van der Waals surface area contributed by atoms with Crippen LogP contribution in [0.1, 0.15) is 11.1 Å². The Kier molecular flexibility index (Phi) is 7.06. The molecule has 0 fully saturated rings. The molecule has 21 heavy (non-hydrogen) atoms. The minimum atomic E-state index is 0. The molecule has 0 saturated heterocycles. The van der Waals surface area contributed by atoms with Crippen molar-refractivity contribution in [3.8, 4) is 5.75 Å². The van der Waals surface area contributed by atoms with Crippen molar-refractivity contribution in [2.24, 2.45) is 0 Å². The number of methoxy groups -OCH3 is 1. The second kappa shape index (κ2) is 8.55. The highest BCUT2D eigenvalue weighted by Crippen LogP contribution is 2.24. The number of benzene rings is 2. The van der Waals surface area contributed by atoms with Gasteiger partial charge in [-0.05, 0) is 23.8 Å². The summed E-state index contributed by atoms with van der Waals surface area (Å²) in [7, 11) is 1.48. The molecule has 0 atom stereocenters. The minimum absolute atomic E-state index is 0.